The molecule has 0 bridgehead atoms. The zero-order valence-electron chi connectivity index (χ0n) is 17.0. The Hall–Kier alpha value is -2.47. The van der Waals surface area contributed by atoms with E-state index >= 15 is 0 Å². The summed E-state index contributed by atoms with van der Waals surface area (Å²) in [6.45, 7) is 0.525. The third-order valence-electron chi connectivity index (χ3n) is 5.12. The fourth-order valence-corrected chi connectivity index (χ4v) is 4.12. The standard InChI is InChI=1S/C19H26F3N5O3S/c1-31(30)9-6-15(23)17(29)27-7-4-11(5-8-27)13-3-2-12(16(28)26-18(24)25)10-14(13)19(20,21)22/h2-3,10-11,15H,4-9,23H2,1H3,(H4,24,25,26,28)/t15?,31-/m0/s1. The highest BCUT2D eigenvalue weighted by Gasteiger charge is 2.37. The number of carbonyl (C=O) groups excluding carboxylic acids is 2. The van der Waals surface area contributed by atoms with Crippen molar-refractivity contribution in [3.63, 3.8) is 0 Å². The van der Waals surface area contributed by atoms with E-state index in [2.05, 4.69) is 4.99 Å². The Bertz CT molecular complexity index is 879. The number of nitrogens with two attached hydrogens (primary N) is 3. The van der Waals surface area contributed by atoms with Gasteiger partial charge >= 0.3 is 6.18 Å². The van der Waals surface area contributed by atoms with Crippen LogP contribution in [0, 0.1) is 0 Å². The Labute approximate surface area is 180 Å². The minimum Gasteiger partial charge on any atom is -0.370 e. The molecule has 1 heterocycles. The lowest BCUT2D eigenvalue weighted by molar-refractivity contribution is -0.139. The molecule has 0 saturated carbocycles. The lowest BCUT2D eigenvalue weighted by Crippen LogP contribution is -2.47. The van der Waals surface area contributed by atoms with Crippen molar-refractivity contribution in [2.75, 3.05) is 25.1 Å². The van der Waals surface area contributed by atoms with Crippen LogP contribution in [0.5, 0.6) is 0 Å². The molecule has 1 aliphatic rings. The predicted molar refractivity (Wildman–Crippen MR) is 112 cm³/mol. The first-order chi connectivity index (χ1) is 14.4. The summed E-state index contributed by atoms with van der Waals surface area (Å²) in [4.78, 5) is 29.2. The number of aliphatic imine (C=N–C) groups is 1. The van der Waals surface area contributed by atoms with Crippen LogP contribution in [-0.2, 0) is 21.8 Å². The first-order valence-corrected chi connectivity index (χ1v) is 11.3. The van der Waals surface area contributed by atoms with E-state index in [4.69, 9.17) is 17.2 Å². The molecule has 1 aromatic rings. The number of carbonyl (C=O) groups is 2. The van der Waals surface area contributed by atoms with Gasteiger partial charge in [-0.25, -0.2) is 0 Å². The van der Waals surface area contributed by atoms with Gasteiger partial charge in [-0.05, 0) is 42.9 Å². The van der Waals surface area contributed by atoms with Crippen LogP contribution >= 0.6 is 0 Å². The van der Waals surface area contributed by atoms with E-state index in [1.807, 2.05) is 0 Å². The zero-order chi connectivity index (χ0) is 23.3. The summed E-state index contributed by atoms with van der Waals surface area (Å²) >= 11 is 0. The van der Waals surface area contributed by atoms with E-state index in [-0.39, 0.29) is 36.5 Å². The third kappa shape index (κ3) is 6.76. The first kappa shape index (κ1) is 24.8. The van der Waals surface area contributed by atoms with Crippen molar-refractivity contribution in [3.05, 3.63) is 34.9 Å². The monoisotopic (exact) mass is 461 g/mol. The van der Waals surface area contributed by atoms with E-state index < -0.39 is 46.4 Å². The van der Waals surface area contributed by atoms with Crippen molar-refractivity contribution >= 4 is 28.6 Å². The number of amides is 2. The first-order valence-electron chi connectivity index (χ1n) is 9.59. The minimum atomic E-state index is -4.67. The van der Waals surface area contributed by atoms with Crippen molar-refractivity contribution in [3.8, 4) is 0 Å². The van der Waals surface area contributed by atoms with Gasteiger partial charge in [0.25, 0.3) is 5.91 Å². The highest BCUT2D eigenvalue weighted by Crippen LogP contribution is 2.39. The highest BCUT2D eigenvalue weighted by atomic mass is 32.2. The Morgan fingerprint density at radius 1 is 1.26 bits per heavy atom. The normalized spacial score (nSPS) is 17.1. The number of halogens is 3. The zero-order valence-corrected chi connectivity index (χ0v) is 17.8. The van der Waals surface area contributed by atoms with Crippen molar-refractivity contribution < 1.29 is 27.0 Å². The van der Waals surface area contributed by atoms with E-state index in [1.54, 1.807) is 0 Å². The maximum absolute atomic E-state index is 13.7. The average Bonchev–Trinajstić information content (AvgIpc) is 2.70. The molecular formula is C19H26F3N5O3S. The lowest BCUT2D eigenvalue weighted by Gasteiger charge is -2.34. The summed E-state index contributed by atoms with van der Waals surface area (Å²) in [6.07, 6.45) is -2.22. The number of rotatable bonds is 6. The van der Waals surface area contributed by atoms with Gasteiger partial charge in [0.1, 0.15) is 0 Å². The van der Waals surface area contributed by atoms with Gasteiger partial charge in [0, 0.05) is 41.5 Å². The second-order valence-corrected chi connectivity index (χ2v) is 8.97. The third-order valence-corrected chi connectivity index (χ3v) is 5.93. The molecule has 1 saturated heterocycles. The number of alkyl halides is 3. The fourth-order valence-electron chi connectivity index (χ4n) is 3.53. The van der Waals surface area contributed by atoms with Gasteiger partial charge in [0.15, 0.2) is 5.96 Å². The number of nitrogens with zero attached hydrogens (tertiary/aromatic N) is 2. The molecule has 1 unspecified atom stereocenters. The van der Waals surface area contributed by atoms with E-state index in [1.165, 1.54) is 23.3 Å². The average molecular weight is 462 g/mol. The van der Waals surface area contributed by atoms with E-state index in [0.717, 1.165) is 6.07 Å². The minimum absolute atomic E-state index is 0.0616. The maximum atomic E-state index is 13.7. The van der Waals surface area contributed by atoms with Gasteiger partial charge in [-0.2, -0.15) is 18.2 Å². The highest BCUT2D eigenvalue weighted by molar-refractivity contribution is 7.84. The van der Waals surface area contributed by atoms with Gasteiger partial charge in [-0.15, -0.1) is 0 Å². The van der Waals surface area contributed by atoms with Crippen molar-refractivity contribution in [1.82, 2.24) is 4.90 Å². The molecule has 31 heavy (non-hydrogen) atoms. The molecule has 172 valence electrons. The number of benzene rings is 1. The molecular weight excluding hydrogens is 435 g/mol. The molecule has 2 rings (SSSR count). The predicted octanol–water partition coefficient (Wildman–Crippen LogP) is 0.921. The van der Waals surface area contributed by atoms with Crippen LogP contribution < -0.4 is 17.2 Å². The second-order valence-electron chi connectivity index (χ2n) is 7.41. The van der Waals surface area contributed by atoms with E-state index in [9.17, 15) is 27.0 Å². The topological polar surface area (TPSA) is 145 Å². The summed E-state index contributed by atoms with van der Waals surface area (Å²) in [5.41, 5.74) is 15.0. The largest absolute Gasteiger partial charge is 0.416 e. The molecule has 2 amide bonds. The van der Waals surface area contributed by atoms with Crippen LogP contribution in [-0.4, -0.2) is 58.0 Å². The van der Waals surface area contributed by atoms with Crippen LogP contribution in [0.25, 0.3) is 0 Å². The van der Waals surface area contributed by atoms with Crippen LogP contribution in [0.15, 0.2) is 23.2 Å². The van der Waals surface area contributed by atoms with Crippen molar-refractivity contribution in [2.45, 2.75) is 37.4 Å². The number of piperidine rings is 1. The van der Waals surface area contributed by atoms with Crippen LogP contribution in [0.1, 0.15) is 46.7 Å². The van der Waals surface area contributed by atoms with Gasteiger partial charge < -0.3 is 22.1 Å². The van der Waals surface area contributed by atoms with Crippen LogP contribution in [0.4, 0.5) is 13.2 Å². The molecule has 8 nitrogen and oxygen atoms in total. The Kier molecular flexibility index (Phi) is 8.18. The van der Waals surface area contributed by atoms with Gasteiger partial charge in [-0.1, -0.05) is 6.07 Å². The van der Waals surface area contributed by atoms with Gasteiger partial charge in [0.05, 0.1) is 11.6 Å². The summed E-state index contributed by atoms with van der Waals surface area (Å²) in [7, 11) is -1.06. The van der Waals surface area contributed by atoms with Crippen molar-refractivity contribution in [1.29, 1.82) is 0 Å². The number of hydrogen-bond acceptors (Lipinski definition) is 4. The Morgan fingerprint density at radius 3 is 2.39 bits per heavy atom. The van der Waals surface area contributed by atoms with Crippen LogP contribution in [0.2, 0.25) is 0 Å². The summed E-state index contributed by atoms with van der Waals surface area (Å²) in [6, 6.07) is 2.50. The summed E-state index contributed by atoms with van der Waals surface area (Å²) in [5.74, 6) is -1.92. The molecule has 1 aromatic carbocycles. The van der Waals surface area contributed by atoms with Gasteiger partial charge in [-0.3, -0.25) is 13.8 Å². The van der Waals surface area contributed by atoms with E-state index in [0.29, 0.717) is 18.6 Å². The number of guanidine groups is 1. The summed E-state index contributed by atoms with van der Waals surface area (Å²) in [5, 5.41) is 0. The molecule has 0 aliphatic carbocycles. The van der Waals surface area contributed by atoms with Crippen LogP contribution in [0.3, 0.4) is 0 Å². The lowest BCUT2D eigenvalue weighted by atomic mass is 9.85. The van der Waals surface area contributed by atoms with Crippen molar-refractivity contribution in [2.24, 2.45) is 22.2 Å². The fraction of sp³-hybridized carbons (Fsp3) is 0.526. The quantitative estimate of drug-likeness (QED) is 0.424. The molecule has 6 N–H and O–H groups in total. The molecule has 2 atom stereocenters. The number of likely N-dealkylation sites (tertiary alicyclic amines) is 1. The van der Waals surface area contributed by atoms with Gasteiger partial charge in [0.2, 0.25) is 5.91 Å². The number of hydrogen-bond donors (Lipinski definition) is 3. The molecule has 0 aromatic heterocycles. The smallest absolute Gasteiger partial charge is 0.370 e. The summed E-state index contributed by atoms with van der Waals surface area (Å²) < 4.78 is 52.2. The maximum Gasteiger partial charge on any atom is 0.416 e. The molecule has 0 radical (unpaired) electrons. The Balaban J connectivity index is 2.15. The second kappa shape index (κ2) is 10.2. The molecule has 0 spiro atoms. The SMILES string of the molecule is C[S@](=O)CCC(N)C(=O)N1CCC(c2ccc(C(=O)N=C(N)N)cc2C(F)(F)F)CC1. The molecule has 1 fully saturated rings. The molecule has 1 aliphatic heterocycles. The molecule has 12 heteroatoms. The Morgan fingerprint density at radius 2 is 1.87 bits per heavy atom.